The molecule has 0 aliphatic heterocycles. The van der Waals surface area contributed by atoms with E-state index in [2.05, 4.69) is 30.6 Å². The minimum absolute atomic E-state index is 0.630. The number of aryl methyl sites for hydroxylation is 1. The first kappa shape index (κ1) is 14.0. The van der Waals surface area contributed by atoms with Gasteiger partial charge < -0.3 is 4.74 Å². The fourth-order valence-electron chi connectivity index (χ4n) is 1.33. The SMILES string of the molecule is C=C(/C=C/C(C)=C/N=C/c1cccc(C)c1)OC. The normalized spacial score (nSPS) is 12.3. The van der Waals surface area contributed by atoms with E-state index in [1.165, 1.54) is 5.56 Å². The van der Waals surface area contributed by atoms with E-state index in [-0.39, 0.29) is 0 Å². The highest BCUT2D eigenvalue weighted by atomic mass is 16.5. The predicted octanol–water partition coefficient (Wildman–Crippen LogP) is 4.03. The number of ether oxygens (including phenoxy) is 1. The molecule has 0 bridgehead atoms. The van der Waals surface area contributed by atoms with Gasteiger partial charge in [-0.2, -0.15) is 0 Å². The molecular formula is C16H19NO. The molecular weight excluding hydrogens is 222 g/mol. The van der Waals surface area contributed by atoms with Crippen LogP contribution in [-0.4, -0.2) is 13.3 Å². The van der Waals surface area contributed by atoms with Gasteiger partial charge in [0.05, 0.1) is 7.11 Å². The molecule has 0 aliphatic rings. The minimum Gasteiger partial charge on any atom is -0.497 e. The van der Waals surface area contributed by atoms with Crippen molar-refractivity contribution in [3.63, 3.8) is 0 Å². The Morgan fingerprint density at radius 2 is 2.11 bits per heavy atom. The van der Waals surface area contributed by atoms with Crippen LogP contribution >= 0.6 is 0 Å². The van der Waals surface area contributed by atoms with Crippen LogP contribution < -0.4 is 0 Å². The smallest absolute Gasteiger partial charge is 0.111 e. The Labute approximate surface area is 109 Å². The third-order valence-corrected chi connectivity index (χ3v) is 2.34. The first-order valence-corrected chi connectivity index (χ1v) is 5.79. The number of allylic oxidation sites excluding steroid dienone is 3. The van der Waals surface area contributed by atoms with Crippen LogP contribution in [0.2, 0.25) is 0 Å². The van der Waals surface area contributed by atoms with Crippen LogP contribution in [0.3, 0.4) is 0 Å². The van der Waals surface area contributed by atoms with E-state index in [1.54, 1.807) is 7.11 Å². The molecule has 1 aromatic carbocycles. The average molecular weight is 241 g/mol. The summed E-state index contributed by atoms with van der Waals surface area (Å²) in [5.74, 6) is 0.630. The number of hydrogen-bond acceptors (Lipinski definition) is 2. The maximum absolute atomic E-state index is 4.94. The second kappa shape index (κ2) is 7.28. The number of aliphatic imine (C=N–C) groups is 1. The van der Waals surface area contributed by atoms with Gasteiger partial charge >= 0.3 is 0 Å². The average Bonchev–Trinajstić information content (AvgIpc) is 2.36. The first-order valence-electron chi connectivity index (χ1n) is 5.79. The number of hydrogen-bond donors (Lipinski definition) is 0. The predicted molar refractivity (Wildman–Crippen MR) is 77.8 cm³/mol. The zero-order valence-electron chi connectivity index (χ0n) is 11.2. The van der Waals surface area contributed by atoms with Crippen molar-refractivity contribution < 1.29 is 4.74 Å². The molecule has 2 nitrogen and oxygen atoms in total. The van der Waals surface area contributed by atoms with Gasteiger partial charge in [0.2, 0.25) is 0 Å². The molecule has 0 heterocycles. The first-order chi connectivity index (χ1) is 8.61. The highest BCUT2D eigenvalue weighted by Crippen LogP contribution is 2.03. The molecule has 0 N–H and O–H groups in total. The Morgan fingerprint density at radius 3 is 2.78 bits per heavy atom. The van der Waals surface area contributed by atoms with Crippen molar-refractivity contribution in [2.24, 2.45) is 4.99 Å². The second-order valence-electron chi connectivity index (χ2n) is 4.07. The maximum Gasteiger partial charge on any atom is 0.111 e. The molecule has 0 radical (unpaired) electrons. The van der Waals surface area contributed by atoms with Crippen molar-refractivity contribution >= 4 is 6.21 Å². The molecule has 0 amide bonds. The topological polar surface area (TPSA) is 21.6 Å². The van der Waals surface area contributed by atoms with E-state index in [0.717, 1.165) is 11.1 Å². The quantitative estimate of drug-likeness (QED) is 0.433. The maximum atomic E-state index is 4.94. The summed E-state index contributed by atoms with van der Waals surface area (Å²) in [5, 5.41) is 0. The molecule has 0 saturated carbocycles. The Balaban J connectivity index is 2.63. The van der Waals surface area contributed by atoms with E-state index in [4.69, 9.17) is 4.74 Å². The zero-order chi connectivity index (χ0) is 13.4. The highest BCUT2D eigenvalue weighted by molar-refractivity contribution is 5.80. The van der Waals surface area contributed by atoms with Crippen LogP contribution in [-0.2, 0) is 4.74 Å². The summed E-state index contributed by atoms with van der Waals surface area (Å²) >= 11 is 0. The lowest BCUT2D eigenvalue weighted by Gasteiger charge is -1.95. The van der Waals surface area contributed by atoms with Crippen LogP contribution in [0.5, 0.6) is 0 Å². The number of nitrogens with zero attached hydrogens (tertiary/aromatic N) is 1. The van der Waals surface area contributed by atoms with Gasteiger partial charge in [0.1, 0.15) is 5.76 Å². The van der Waals surface area contributed by atoms with Crippen molar-refractivity contribution in [2.45, 2.75) is 13.8 Å². The number of methoxy groups -OCH3 is 1. The Kier molecular flexibility index (Phi) is 5.65. The van der Waals surface area contributed by atoms with E-state index in [9.17, 15) is 0 Å². The van der Waals surface area contributed by atoms with Crippen LogP contribution in [0.1, 0.15) is 18.1 Å². The Morgan fingerprint density at radius 1 is 1.33 bits per heavy atom. The van der Waals surface area contributed by atoms with Crippen LogP contribution in [0.4, 0.5) is 0 Å². The lowest BCUT2D eigenvalue weighted by molar-refractivity contribution is 0.309. The third-order valence-electron chi connectivity index (χ3n) is 2.34. The molecule has 0 aromatic heterocycles. The fourth-order valence-corrected chi connectivity index (χ4v) is 1.33. The minimum atomic E-state index is 0.630. The zero-order valence-corrected chi connectivity index (χ0v) is 11.2. The van der Waals surface area contributed by atoms with Gasteiger partial charge in [0.25, 0.3) is 0 Å². The van der Waals surface area contributed by atoms with Crippen molar-refractivity contribution in [1.82, 2.24) is 0 Å². The van der Waals surface area contributed by atoms with Crippen molar-refractivity contribution in [2.75, 3.05) is 7.11 Å². The van der Waals surface area contributed by atoms with Crippen LogP contribution in [0.15, 0.2) is 65.5 Å². The standard InChI is InChI=1S/C16H19NO/c1-13-6-5-7-16(10-13)12-17-11-14(2)8-9-15(3)18-4/h5-12H,3H2,1-2,4H3/b9-8+,14-11+,17-12+. The van der Waals surface area contributed by atoms with Crippen LogP contribution in [0.25, 0.3) is 0 Å². The van der Waals surface area contributed by atoms with E-state index in [0.29, 0.717) is 5.76 Å². The largest absolute Gasteiger partial charge is 0.497 e. The summed E-state index contributed by atoms with van der Waals surface area (Å²) in [6, 6.07) is 8.21. The summed E-state index contributed by atoms with van der Waals surface area (Å²) < 4.78 is 4.94. The Hall–Kier alpha value is -2.09. The van der Waals surface area contributed by atoms with E-state index in [1.807, 2.05) is 43.6 Å². The Bertz CT molecular complexity index is 496. The molecule has 0 unspecified atom stereocenters. The summed E-state index contributed by atoms with van der Waals surface area (Å²) in [4.78, 5) is 4.28. The molecule has 0 atom stereocenters. The third kappa shape index (κ3) is 5.30. The van der Waals surface area contributed by atoms with E-state index < -0.39 is 0 Å². The van der Waals surface area contributed by atoms with Gasteiger partial charge in [0, 0.05) is 12.4 Å². The van der Waals surface area contributed by atoms with Crippen LogP contribution in [0, 0.1) is 6.92 Å². The van der Waals surface area contributed by atoms with Gasteiger partial charge in [0.15, 0.2) is 0 Å². The highest BCUT2D eigenvalue weighted by Gasteiger charge is 1.87. The van der Waals surface area contributed by atoms with Crippen molar-refractivity contribution in [3.05, 3.63) is 71.7 Å². The molecule has 18 heavy (non-hydrogen) atoms. The number of rotatable bonds is 5. The summed E-state index contributed by atoms with van der Waals surface area (Å²) in [6.45, 7) is 7.75. The van der Waals surface area contributed by atoms with E-state index >= 15 is 0 Å². The molecule has 1 rings (SSSR count). The molecule has 1 aromatic rings. The monoisotopic (exact) mass is 241 g/mol. The number of benzene rings is 1. The molecule has 94 valence electrons. The van der Waals surface area contributed by atoms with Gasteiger partial charge in [-0.1, -0.05) is 42.5 Å². The lowest BCUT2D eigenvalue weighted by Crippen LogP contribution is -1.81. The molecule has 2 heteroatoms. The second-order valence-corrected chi connectivity index (χ2v) is 4.07. The summed E-state index contributed by atoms with van der Waals surface area (Å²) in [5.41, 5.74) is 3.37. The summed E-state index contributed by atoms with van der Waals surface area (Å²) in [6.07, 6.45) is 7.38. The van der Waals surface area contributed by atoms with Gasteiger partial charge in [-0.05, 0) is 31.1 Å². The van der Waals surface area contributed by atoms with Crippen molar-refractivity contribution in [1.29, 1.82) is 0 Å². The molecule has 0 spiro atoms. The van der Waals surface area contributed by atoms with Crippen molar-refractivity contribution in [3.8, 4) is 0 Å². The van der Waals surface area contributed by atoms with Gasteiger partial charge in [-0.15, -0.1) is 0 Å². The summed E-state index contributed by atoms with van der Waals surface area (Å²) in [7, 11) is 1.60. The molecule has 0 fully saturated rings. The molecule has 0 saturated heterocycles. The molecule has 0 aliphatic carbocycles. The lowest BCUT2D eigenvalue weighted by atomic mass is 10.1. The van der Waals surface area contributed by atoms with Gasteiger partial charge in [-0.3, -0.25) is 4.99 Å². The fraction of sp³-hybridized carbons (Fsp3) is 0.188. The van der Waals surface area contributed by atoms with Gasteiger partial charge in [-0.25, -0.2) is 0 Å².